The molecule has 5 nitrogen and oxygen atoms in total. The summed E-state index contributed by atoms with van der Waals surface area (Å²) in [5.74, 6) is 1.34. The highest BCUT2D eigenvalue weighted by atomic mass is 16.5. The Balaban J connectivity index is 1.77. The summed E-state index contributed by atoms with van der Waals surface area (Å²) in [6.45, 7) is 15.6. The molecule has 1 aromatic carbocycles. The summed E-state index contributed by atoms with van der Waals surface area (Å²) in [5, 5.41) is 4.95. The van der Waals surface area contributed by atoms with Crippen molar-refractivity contribution < 1.29 is 4.74 Å². The average Bonchev–Trinajstić information content (AvgIpc) is 3.31. The molecule has 2 aromatic heterocycles. The highest BCUT2D eigenvalue weighted by Gasteiger charge is 2.22. The molecule has 3 aromatic rings. The van der Waals surface area contributed by atoms with Gasteiger partial charge in [0, 0.05) is 42.4 Å². The second-order valence-electron chi connectivity index (χ2n) is 8.57. The molecule has 1 saturated heterocycles. The smallest absolute Gasteiger partial charge is 0.158 e. The van der Waals surface area contributed by atoms with E-state index in [4.69, 9.17) is 14.8 Å². The van der Waals surface area contributed by atoms with E-state index in [0.717, 1.165) is 73.1 Å². The van der Waals surface area contributed by atoms with Gasteiger partial charge in [-0.05, 0) is 30.9 Å². The molecule has 176 valence electrons. The molecule has 0 radical (unpaired) electrons. The van der Waals surface area contributed by atoms with E-state index in [-0.39, 0.29) is 5.92 Å². The Morgan fingerprint density at radius 3 is 2.62 bits per heavy atom. The summed E-state index contributed by atoms with van der Waals surface area (Å²) in [6, 6.07) is 14.7. The number of morpholine rings is 1. The van der Waals surface area contributed by atoms with Crippen molar-refractivity contribution >= 4 is 22.6 Å². The summed E-state index contributed by atoms with van der Waals surface area (Å²) in [6.07, 6.45) is 9.70. The molecular weight excluding hydrogens is 420 g/mol. The van der Waals surface area contributed by atoms with E-state index in [1.54, 1.807) is 6.08 Å². The summed E-state index contributed by atoms with van der Waals surface area (Å²) < 4.78 is 7.59. The van der Waals surface area contributed by atoms with Gasteiger partial charge in [-0.2, -0.15) is 9.61 Å². The van der Waals surface area contributed by atoms with Crippen LogP contribution in [0.15, 0.2) is 79.9 Å². The van der Waals surface area contributed by atoms with Crippen molar-refractivity contribution in [1.82, 2.24) is 14.6 Å². The molecule has 1 aliphatic rings. The number of benzene rings is 1. The zero-order chi connectivity index (χ0) is 23.9. The molecule has 0 bridgehead atoms. The maximum absolute atomic E-state index is 5.61. The topological polar surface area (TPSA) is 42.7 Å². The van der Waals surface area contributed by atoms with Crippen LogP contribution in [0.2, 0.25) is 0 Å². The minimum absolute atomic E-state index is 0.273. The van der Waals surface area contributed by atoms with E-state index in [1.165, 1.54) is 5.56 Å². The standard InChI is InChI=1S/C29H34N4O/c1-5-11-25(12-6-2)27-20-28-30-26(21-29(33(28)31-27)32-15-17-34-18-16-32)23(7-3)19-22(4)24-13-9-8-10-14-24/h5-6,8-14,20-21,23H,1,4,7,15-19H2,2-3H3/b12-6-,25-11+. The Morgan fingerprint density at radius 1 is 1.18 bits per heavy atom. The quantitative estimate of drug-likeness (QED) is 0.355. The SMILES string of the molecule is C=C/C=C(\C=C/C)c1cc2nc(C(CC)CC(=C)c3ccccc3)cc(N3CCOCC3)n2n1. The molecule has 3 heterocycles. The van der Waals surface area contributed by atoms with Crippen molar-refractivity contribution in [1.29, 1.82) is 0 Å². The Kier molecular flexibility index (Phi) is 7.76. The van der Waals surface area contributed by atoms with Gasteiger partial charge in [-0.25, -0.2) is 4.98 Å². The largest absolute Gasteiger partial charge is 0.378 e. The Labute approximate surface area is 202 Å². The predicted octanol–water partition coefficient (Wildman–Crippen LogP) is 6.31. The van der Waals surface area contributed by atoms with E-state index in [0.29, 0.717) is 0 Å². The first kappa shape index (κ1) is 23.7. The molecule has 1 aliphatic heterocycles. The minimum atomic E-state index is 0.273. The Bertz CT molecular complexity index is 1200. The van der Waals surface area contributed by atoms with E-state index < -0.39 is 0 Å². The molecule has 5 heteroatoms. The van der Waals surface area contributed by atoms with Gasteiger partial charge in [0.2, 0.25) is 0 Å². The van der Waals surface area contributed by atoms with Gasteiger partial charge in [0.15, 0.2) is 5.65 Å². The first-order valence-electron chi connectivity index (χ1n) is 12.1. The van der Waals surface area contributed by atoms with Crippen molar-refractivity contribution in [3.8, 4) is 0 Å². The van der Waals surface area contributed by atoms with Crippen LogP contribution in [0.4, 0.5) is 5.82 Å². The maximum atomic E-state index is 5.61. The van der Waals surface area contributed by atoms with E-state index in [9.17, 15) is 0 Å². The van der Waals surface area contributed by atoms with Crippen molar-refractivity contribution in [2.45, 2.75) is 32.6 Å². The van der Waals surface area contributed by atoms with Crippen LogP contribution in [0, 0.1) is 0 Å². The number of fused-ring (bicyclic) bond motifs is 1. The van der Waals surface area contributed by atoms with Crippen molar-refractivity contribution in [3.05, 3.63) is 96.9 Å². The van der Waals surface area contributed by atoms with Crippen LogP contribution in [0.1, 0.15) is 49.6 Å². The third-order valence-corrected chi connectivity index (χ3v) is 6.29. The van der Waals surface area contributed by atoms with Crippen LogP contribution in [-0.2, 0) is 4.74 Å². The zero-order valence-electron chi connectivity index (χ0n) is 20.3. The first-order valence-corrected chi connectivity index (χ1v) is 12.1. The molecule has 1 unspecified atom stereocenters. The average molecular weight is 455 g/mol. The zero-order valence-corrected chi connectivity index (χ0v) is 20.3. The summed E-state index contributed by atoms with van der Waals surface area (Å²) in [5.41, 5.74) is 6.17. The van der Waals surface area contributed by atoms with Gasteiger partial charge in [-0.1, -0.05) is 74.7 Å². The maximum Gasteiger partial charge on any atom is 0.158 e. The molecular formula is C29H34N4O. The van der Waals surface area contributed by atoms with Crippen LogP contribution in [-0.4, -0.2) is 40.9 Å². The van der Waals surface area contributed by atoms with Gasteiger partial charge in [0.1, 0.15) is 5.82 Å². The van der Waals surface area contributed by atoms with Gasteiger partial charge in [0.25, 0.3) is 0 Å². The molecule has 0 spiro atoms. The molecule has 4 rings (SSSR count). The fourth-order valence-corrected chi connectivity index (χ4v) is 4.43. The number of aromatic nitrogens is 3. The lowest BCUT2D eigenvalue weighted by Crippen LogP contribution is -2.37. The fraction of sp³-hybridized carbons (Fsp3) is 0.310. The lowest BCUT2D eigenvalue weighted by atomic mass is 9.91. The molecule has 1 atom stereocenters. The van der Waals surface area contributed by atoms with E-state index in [1.807, 2.05) is 29.7 Å². The minimum Gasteiger partial charge on any atom is -0.378 e. The Hall–Kier alpha value is -3.44. The number of nitrogens with zero attached hydrogens (tertiary/aromatic N) is 4. The number of rotatable bonds is 9. The summed E-state index contributed by atoms with van der Waals surface area (Å²) in [7, 11) is 0. The molecule has 0 saturated carbocycles. The lowest BCUT2D eigenvalue weighted by molar-refractivity contribution is 0.122. The van der Waals surface area contributed by atoms with Crippen LogP contribution >= 0.6 is 0 Å². The number of hydrogen-bond acceptors (Lipinski definition) is 4. The van der Waals surface area contributed by atoms with Gasteiger partial charge < -0.3 is 9.64 Å². The van der Waals surface area contributed by atoms with Crippen LogP contribution < -0.4 is 4.90 Å². The van der Waals surface area contributed by atoms with Crippen LogP contribution in [0.5, 0.6) is 0 Å². The van der Waals surface area contributed by atoms with Gasteiger partial charge in [0.05, 0.1) is 18.9 Å². The molecule has 0 N–H and O–H groups in total. The van der Waals surface area contributed by atoms with Crippen molar-refractivity contribution in [2.24, 2.45) is 0 Å². The van der Waals surface area contributed by atoms with Crippen LogP contribution in [0.3, 0.4) is 0 Å². The second-order valence-corrected chi connectivity index (χ2v) is 8.57. The summed E-state index contributed by atoms with van der Waals surface area (Å²) >= 11 is 0. The number of allylic oxidation sites excluding steroid dienone is 6. The number of hydrogen-bond donors (Lipinski definition) is 0. The fourth-order valence-electron chi connectivity index (χ4n) is 4.43. The second kappa shape index (κ2) is 11.1. The normalized spacial score (nSPS) is 15.7. The van der Waals surface area contributed by atoms with Gasteiger partial charge in [-0.3, -0.25) is 0 Å². The number of ether oxygens (including phenoxy) is 1. The molecule has 34 heavy (non-hydrogen) atoms. The van der Waals surface area contributed by atoms with Crippen molar-refractivity contribution in [3.63, 3.8) is 0 Å². The Morgan fingerprint density at radius 2 is 1.94 bits per heavy atom. The number of anilines is 1. The van der Waals surface area contributed by atoms with E-state index >= 15 is 0 Å². The highest BCUT2D eigenvalue weighted by Crippen LogP contribution is 2.33. The van der Waals surface area contributed by atoms with Gasteiger partial charge >= 0.3 is 0 Å². The van der Waals surface area contributed by atoms with E-state index in [2.05, 4.69) is 67.5 Å². The molecule has 0 amide bonds. The monoisotopic (exact) mass is 454 g/mol. The third kappa shape index (κ3) is 5.20. The first-order chi connectivity index (χ1) is 16.6. The van der Waals surface area contributed by atoms with Crippen LogP contribution in [0.25, 0.3) is 16.8 Å². The summed E-state index contributed by atoms with van der Waals surface area (Å²) in [4.78, 5) is 7.45. The van der Waals surface area contributed by atoms with Crippen molar-refractivity contribution in [2.75, 3.05) is 31.2 Å². The lowest BCUT2D eigenvalue weighted by Gasteiger charge is -2.29. The van der Waals surface area contributed by atoms with Gasteiger partial charge in [-0.15, -0.1) is 0 Å². The molecule has 0 aliphatic carbocycles. The third-order valence-electron chi connectivity index (χ3n) is 6.29. The molecule has 1 fully saturated rings. The predicted molar refractivity (Wildman–Crippen MR) is 142 cm³/mol. The highest BCUT2D eigenvalue weighted by molar-refractivity contribution is 5.75.